The second-order valence-electron chi connectivity index (χ2n) is 4.30. The lowest BCUT2D eigenvalue weighted by Gasteiger charge is -2.21. The third-order valence-corrected chi connectivity index (χ3v) is 3.37. The van der Waals surface area contributed by atoms with Gasteiger partial charge in [-0.2, -0.15) is 0 Å². The summed E-state index contributed by atoms with van der Waals surface area (Å²) in [5.74, 6) is -0.606. The van der Waals surface area contributed by atoms with E-state index in [2.05, 4.69) is 4.98 Å². The summed E-state index contributed by atoms with van der Waals surface area (Å²) < 4.78 is 0. The van der Waals surface area contributed by atoms with Crippen molar-refractivity contribution in [2.45, 2.75) is 13.0 Å². The number of benzene rings is 1. The summed E-state index contributed by atoms with van der Waals surface area (Å²) in [7, 11) is 0. The maximum absolute atomic E-state index is 12.3. The average Bonchev–Trinajstić information content (AvgIpc) is 2.97. The van der Waals surface area contributed by atoms with Crippen LogP contribution in [0.5, 0.6) is 0 Å². The monoisotopic (exact) mass is 289 g/mol. The minimum atomic E-state index is -0.422. The van der Waals surface area contributed by atoms with Crippen molar-refractivity contribution in [2.24, 2.45) is 5.73 Å². The minimum absolute atomic E-state index is 0.142. The van der Waals surface area contributed by atoms with E-state index in [0.717, 1.165) is 5.56 Å². The van der Waals surface area contributed by atoms with Crippen LogP contribution in [0.1, 0.15) is 22.5 Å². The largest absolute Gasteiger partial charge is 0.370 e. The van der Waals surface area contributed by atoms with E-state index in [1.165, 1.54) is 11.3 Å². The normalized spacial score (nSPS) is 10.2. The Kier molecular flexibility index (Phi) is 4.84. The fraction of sp³-hybridized carbons (Fsp3) is 0.214. The van der Waals surface area contributed by atoms with Crippen molar-refractivity contribution in [2.75, 3.05) is 6.54 Å². The molecule has 5 nitrogen and oxygen atoms in total. The molecule has 0 radical (unpaired) electrons. The molecule has 0 unspecified atom stereocenters. The highest BCUT2D eigenvalue weighted by Crippen LogP contribution is 2.11. The number of hydrogen-bond donors (Lipinski definition) is 1. The zero-order chi connectivity index (χ0) is 14.4. The molecular formula is C14H15N3O2S. The van der Waals surface area contributed by atoms with Gasteiger partial charge in [-0.1, -0.05) is 30.3 Å². The van der Waals surface area contributed by atoms with Crippen LogP contribution < -0.4 is 5.73 Å². The van der Waals surface area contributed by atoms with Crippen molar-refractivity contribution in [3.05, 3.63) is 52.5 Å². The quantitative estimate of drug-likeness (QED) is 0.878. The van der Waals surface area contributed by atoms with Gasteiger partial charge in [0.15, 0.2) is 0 Å². The first-order chi connectivity index (χ1) is 9.66. The fourth-order valence-electron chi connectivity index (χ4n) is 1.78. The molecule has 6 heteroatoms. The molecule has 0 aliphatic heterocycles. The van der Waals surface area contributed by atoms with Gasteiger partial charge in [-0.15, -0.1) is 11.3 Å². The van der Waals surface area contributed by atoms with E-state index in [0.29, 0.717) is 18.8 Å². The third kappa shape index (κ3) is 3.89. The molecule has 0 spiro atoms. The number of nitrogens with two attached hydrogens (primary N) is 1. The Morgan fingerprint density at radius 2 is 2.00 bits per heavy atom. The number of aromatic nitrogens is 1. The lowest BCUT2D eigenvalue weighted by Crippen LogP contribution is -2.33. The zero-order valence-corrected chi connectivity index (χ0v) is 11.7. The summed E-state index contributed by atoms with van der Waals surface area (Å²) >= 11 is 1.37. The van der Waals surface area contributed by atoms with E-state index in [-0.39, 0.29) is 12.3 Å². The summed E-state index contributed by atoms with van der Waals surface area (Å²) in [5.41, 5.74) is 8.17. The Morgan fingerprint density at radius 3 is 2.60 bits per heavy atom. The van der Waals surface area contributed by atoms with Gasteiger partial charge in [0.2, 0.25) is 5.91 Å². The molecular weight excluding hydrogens is 274 g/mol. The number of thiazole rings is 1. The molecule has 2 aromatic rings. The van der Waals surface area contributed by atoms with Crippen molar-refractivity contribution in [3.63, 3.8) is 0 Å². The number of amides is 2. The highest BCUT2D eigenvalue weighted by Gasteiger charge is 2.18. The van der Waals surface area contributed by atoms with Gasteiger partial charge in [-0.25, -0.2) is 4.98 Å². The molecule has 0 atom stereocenters. The zero-order valence-electron chi connectivity index (χ0n) is 10.9. The first-order valence-corrected chi connectivity index (χ1v) is 7.11. The molecule has 2 amide bonds. The van der Waals surface area contributed by atoms with E-state index < -0.39 is 5.91 Å². The van der Waals surface area contributed by atoms with Crippen LogP contribution >= 0.6 is 11.3 Å². The van der Waals surface area contributed by atoms with E-state index in [9.17, 15) is 9.59 Å². The van der Waals surface area contributed by atoms with Crippen LogP contribution in [-0.4, -0.2) is 28.2 Å². The van der Waals surface area contributed by atoms with E-state index in [4.69, 9.17) is 5.73 Å². The summed E-state index contributed by atoms with van der Waals surface area (Å²) in [6, 6.07) is 9.61. The van der Waals surface area contributed by atoms with E-state index in [1.54, 1.807) is 15.8 Å². The molecule has 0 aliphatic rings. The molecule has 2 rings (SSSR count). The smallest absolute Gasteiger partial charge is 0.273 e. The molecule has 0 fully saturated rings. The summed E-state index contributed by atoms with van der Waals surface area (Å²) in [5, 5.41) is 1.70. The second kappa shape index (κ2) is 6.81. The number of primary amides is 1. The third-order valence-electron chi connectivity index (χ3n) is 2.78. The van der Waals surface area contributed by atoms with Gasteiger partial charge in [0.1, 0.15) is 5.69 Å². The Morgan fingerprint density at radius 1 is 1.25 bits per heavy atom. The first-order valence-electron chi connectivity index (χ1n) is 6.16. The predicted octanol–water partition coefficient (Wildman–Crippen LogP) is 1.66. The topological polar surface area (TPSA) is 76.3 Å². The highest BCUT2D eigenvalue weighted by atomic mass is 32.1. The van der Waals surface area contributed by atoms with Crippen LogP contribution in [0.15, 0.2) is 41.2 Å². The molecule has 2 N–H and O–H groups in total. The average molecular weight is 289 g/mol. The molecule has 1 aromatic heterocycles. The lowest BCUT2D eigenvalue weighted by molar-refractivity contribution is -0.118. The van der Waals surface area contributed by atoms with Crippen molar-refractivity contribution >= 4 is 23.2 Å². The van der Waals surface area contributed by atoms with Crippen molar-refractivity contribution in [1.82, 2.24) is 9.88 Å². The molecule has 1 heterocycles. The SMILES string of the molecule is NC(=O)CCN(Cc1ccccc1)C(=O)c1cscn1. The van der Waals surface area contributed by atoms with Gasteiger partial charge in [-0.05, 0) is 5.56 Å². The Hall–Kier alpha value is -2.21. The standard InChI is InChI=1S/C14H15N3O2S/c15-13(18)6-7-17(8-11-4-2-1-3-5-11)14(19)12-9-20-10-16-12/h1-5,9-10H,6-8H2,(H2,15,18). The summed E-state index contributed by atoms with van der Waals surface area (Å²) in [6.45, 7) is 0.727. The van der Waals surface area contributed by atoms with Gasteiger partial charge in [0.05, 0.1) is 5.51 Å². The van der Waals surface area contributed by atoms with Crippen LogP contribution in [0.3, 0.4) is 0 Å². The van der Waals surface area contributed by atoms with Gasteiger partial charge in [-0.3, -0.25) is 9.59 Å². The maximum atomic E-state index is 12.3. The number of carbonyl (C=O) groups excluding carboxylic acids is 2. The van der Waals surface area contributed by atoms with Gasteiger partial charge in [0, 0.05) is 24.9 Å². The van der Waals surface area contributed by atoms with Gasteiger partial charge < -0.3 is 10.6 Å². The van der Waals surface area contributed by atoms with Crippen LogP contribution in [0.4, 0.5) is 0 Å². The van der Waals surface area contributed by atoms with Crippen molar-refractivity contribution in [1.29, 1.82) is 0 Å². The Bertz CT molecular complexity index is 569. The number of carbonyl (C=O) groups is 2. The number of nitrogens with zero attached hydrogens (tertiary/aromatic N) is 2. The fourth-order valence-corrected chi connectivity index (χ4v) is 2.31. The molecule has 104 valence electrons. The summed E-state index contributed by atoms with van der Waals surface area (Å²) in [4.78, 5) is 28.9. The van der Waals surface area contributed by atoms with Crippen LogP contribution in [-0.2, 0) is 11.3 Å². The van der Waals surface area contributed by atoms with Crippen LogP contribution in [0.2, 0.25) is 0 Å². The Labute approximate surface area is 121 Å². The number of hydrogen-bond acceptors (Lipinski definition) is 4. The molecule has 0 bridgehead atoms. The maximum Gasteiger partial charge on any atom is 0.273 e. The molecule has 1 aromatic carbocycles. The molecule has 0 saturated heterocycles. The molecule has 0 aliphatic carbocycles. The second-order valence-corrected chi connectivity index (χ2v) is 5.02. The van der Waals surface area contributed by atoms with Crippen LogP contribution in [0, 0.1) is 0 Å². The molecule has 0 saturated carbocycles. The van der Waals surface area contributed by atoms with Crippen LogP contribution in [0.25, 0.3) is 0 Å². The minimum Gasteiger partial charge on any atom is -0.370 e. The first kappa shape index (κ1) is 14.2. The number of rotatable bonds is 6. The Balaban J connectivity index is 2.12. The van der Waals surface area contributed by atoms with E-state index in [1.807, 2.05) is 30.3 Å². The lowest BCUT2D eigenvalue weighted by atomic mass is 10.2. The molecule has 20 heavy (non-hydrogen) atoms. The van der Waals surface area contributed by atoms with E-state index >= 15 is 0 Å². The van der Waals surface area contributed by atoms with Crippen molar-refractivity contribution in [3.8, 4) is 0 Å². The summed E-state index contributed by atoms with van der Waals surface area (Å²) in [6.07, 6.45) is 0.142. The predicted molar refractivity (Wildman–Crippen MR) is 77.1 cm³/mol. The van der Waals surface area contributed by atoms with Gasteiger partial charge >= 0.3 is 0 Å². The highest BCUT2D eigenvalue weighted by molar-refractivity contribution is 7.07. The van der Waals surface area contributed by atoms with Gasteiger partial charge in [0.25, 0.3) is 5.91 Å². The van der Waals surface area contributed by atoms with Crippen molar-refractivity contribution < 1.29 is 9.59 Å².